The fourth-order valence-electron chi connectivity index (χ4n) is 3.20. The number of halogens is 4. The summed E-state index contributed by atoms with van der Waals surface area (Å²) in [5.41, 5.74) is -0.279. The molecule has 10 heteroatoms. The summed E-state index contributed by atoms with van der Waals surface area (Å²) in [7, 11) is -5.04. The number of hydrogen-bond donors (Lipinski definition) is 3. The molecule has 0 saturated carbocycles. The SMILES string of the molecule is O=S(=O)(O)C(c1ccc(Cl)cc1)(c1cc(O)cc(O)c1)c1ccc(Cl)c(Cl)c1Cl. The molecule has 0 aliphatic heterocycles. The highest BCUT2D eigenvalue weighted by molar-refractivity contribution is 7.87. The molecule has 3 rings (SSSR count). The number of rotatable bonds is 4. The predicted octanol–water partition coefficient (Wildman–Crippen LogP) is 5.89. The third kappa shape index (κ3) is 3.77. The van der Waals surface area contributed by atoms with E-state index in [2.05, 4.69) is 0 Å². The molecule has 0 saturated heterocycles. The Bertz CT molecular complexity index is 1180. The first-order chi connectivity index (χ1) is 13.5. The van der Waals surface area contributed by atoms with E-state index >= 15 is 0 Å². The normalized spacial score (nSPS) is 13.8. The van der Waals surface area contributed by atoms with Crippen LogP contribution in [0.4, 0.5) is 0 Å². The van der Waals surface area contributed by atoms with Gasteiger partial charge in [-0.25, -0.2) is 0 Å². The van der Waals surface area contributed by atoms with Crippen LogP contribution in [-0.4, -0.2) is 23.2 Å². The highest BCUT2D eigenvalue weighted by Crippen LogP contribution is 2.50. The summed E-state index contributed by atoms with van der Waals surface area (Å²) < 4.78 is 34.0. The molecule has 0 aliphatic carbocycles. The van der Waals surface area contributed by atoms with Crippen LogP contribution < -0.4 is 0 Å². The molecular weight excluding hydrogens is 482 g/mol. The smallest absolute Gasteiger partial charge is 0.283 e. The van der Waals surface area contributed by atoms with E-state index in [0.29, 0.717) is 5.02 Å². The number of hydrogen-bond acceptors (Lipinski definition) is 4. The molecule has 0 fully saturated rings. The minimum atomic E-state index is -5.04. The average molecular weight is 494 g/mol. The first kappa shape index (κ1) is 22.0. The van der Waals surface area contributed by atoms with Crippen LogP contribution >= 0.6 is 46.4 Å². The second kappa shape index (κ2) is 7.87. The molecule has 0 amide bonds. The van der Waals surface area contributed by atoms with Crippen LogP contribution in [-0.2, 0) is 14.9 Å². The molecule has 0 aromatic heterocycles. The van der Waals surface area contributed by atoms with Crippen molar-refractivity contribution in [2.75, 3.05) is 0 Å². The fraction of sp³-hybridized carbons (Fsp3) is 0.0526. The number of phenols is 2. The average Bonchev–Trinajstić information content (AvgIpc) is 2.61. The lowest BCUT2D eigenvalue weighted by Crippen LogP contribution is -2.38. The van der Waals surface area contributed by atoms with Gasteiger partial charge in [-0.05, 0) is 41.5 Å². The van der Waals surface area contributed by atoms with Crippen LogP contribution in [0.15, 0.2) is 54.6 Å². The van der Waals surface area contributed by atoms with Crippen molar-refractivity contribution in [2.45, 2.75) is 4.75 Å². The van der Waals surface area contributed by atoms with Crippen molar-refractivity contribution < 1.29 is 23.2 Å². The van der Waals surface area contributed by atoms with E-state index in [-0.39, 0.29) is 31.8 Å². The van der Waals surface area contributed by atoms with Gasteiger partial charge in [0.15, 0.2) is 4.75 Å². The van der Waals surface area contributed by atoms with Gasteiger partial charge in [0.05, 0.1) is 15.1 Å². The van der Waals surface area contributed by atoms with Crippen molar-refractivity contribution in [2.24, 2.45) is 0 Å². The number of phenolic OH excluding ortho intramolecular Hbond substituents is 2. The molecule has 3 N–H and O–H groups in total. The third-order valence-electron chi connectivity index (χ3n) is 4.36. The summed E-state index contributed by atoms with van der Waals surface area (Å²) in [5, 5.41) is 20.0. The van der Waals surface area contributed by atoms with Gasteiger partial charge in [-0.2, -0.15) is 8.42 Å². The summed E-state index contributed by atoms with van der Waals surface area (Å²) in [4.78, 5) is 0. The van der Waals surface area contributed by atoms with Gasteiger partial charge in [-0.1, -0.05) is 64.6 Å². The Balaban J connectivity index is 2.58. The first-order valence-corrected chi connectivity index (χ1v) is 10.8. The lowest BCUT2D eigenvalue weighted by molar-refractivity contribution is 0.444. The van der Waals surface area contributed by atoms with E-state index in [0.717, 1.165) is 18.2 Å². The lowest BCUT2D eigenvalue weighted by Gasteiger charge is -2.33. The molecule has 1 atom stereocenters. The molecule has 0 radical (unpaired) electrons. The van der Waals surface area contributed by atoms with Gasteiger partial charge in [-0.3, -0.25) is 4.55 Å². The Morgan fingerprint density at radius 1 is 0.724 bits per heavy atom. The van der Waals surface area contributed by atoms with E-state index in [4.69, 9.17) is 46.4 Å². The zero-order valence-corrected chi connectivity index (χ0v) is 18.1. The highest BCUT2D eigenvalue weighted by atomic mass is 35.5. The van der Waals surface area contributed by atoms with E-state index in [1.165, 1.54) is 36.4 Å². The number of benzene rings is 3. The Labute approximate surface area is 186 Å². The Morgan fingerprint density at radius 3 is 1.79 bits per heavy atom. The summed E-state index contributed by atoms with van der Waals surface area (Å²) in [6.07, 6.45) is 0. The van der Waals surface area contributed by atoms with Gasteiger partial charge in [-0.15, -0.1) is 0 Å². The van der Waals surface area contributed by atoms with Crippen LogP contribution in [0.2, 0.25) is 20.1 Å². The molecule has 0 aliphatic rings. The van der Waals surface area contributed by atoms with Gasteiger partial charge < -0.3 is 10.2 Å². The van der Waals surface area contributed by atoms with Crippen molar-refractivity contribution in [3.8, 4) is 11.5 Å². The molecule has 3 aromatic carbocycles. The quantitative estimate of drug-likeness (QED) is 0.239. The standard InChI is InChI=1S/C19H12Cl4O5S/c20-12-3-1-10(2-4-12)19(29(26,27)28,11-7-13(24)9-14(25)8-11)15-5-6-16(21)18(23)17(15)22/h1-9,24-25H,(H,26,27,28). The minimum absolute atomic E-state index is 0.0367. The van der Waals surface area contributed by atoms with Gasteiger partial charge in [0.2, 0.25) is 0 Å². The molecule has 29 heavy (non-hydrogen) atoms. The Morgan fingerprint density at radius 2 is 1.28 bits per heavy atom. The van der Waals surface area contributed by atoms with Crippen LogP contribution in [0.5, 0.6) is 11.5 Å². The number of aromatic hydroxyl groups is 2. The second-order valence-corrected chi connectivity index (χ2v) is 9.29. The maximum absolute atomic E-state index is 12.9. The van der Waals surface area contributed by atoms with E-state index in [1.54, 1.807) is 0 Å². The second-order valence-electron chi connectivity index (χ2n) is 6.12. The molecule has 1 unspecified atom stereocenters. The zero-order chi connectivity index (χ0) is 21.6. The van der Waals surface area contributed by atoms with Gasteiger partial charge in [0.1, 0.15) is 11.5 Å². The minimum Gasteiger partial charge on any atom is -0.508 e. The van der Waals surface area contributed by atoms with E-state index < -0.39 is 26.4 Å². The lowest BCUT2D eigenvalue weighted by atomic mass is 9.83. The Kier molecular flexibility index (Phi) is 5.98. The van der Waals surface area contributed by atoms with Crippen LogP contribution in [0.25, 0.3) is 0 Å². The molecule has 152 valence electrons. The van der Waals surface area contributed by atoms with E-state index in [9.17, 15) is 23.2 Å². The molecular formula is C19H12Cl4O5S. The maximum Gasteiger partial charge on any atom is 0.283 e. The zero-order valence-electron chi connectivity index (χ0n) is 14.3. The monoisotopic (exact) mass is 492 g/mol. The van der Waals surface area contributed by atoms with Crippen molar-refractivity contribution in [3.05, 3.63) is 91.4 Å². The van der Waals surface area contributed by atoms with Crippen molar-refractivity contribution in [3.63, 3.8) is 0 Å². The Hall–Kier alpha value is -1.67. The van der Waals surface area contributed by atoms with Crippen LogP contribution in [0.1, 0.15) is 16.7 Å². The topological polar surface area (TPSA) is 94.8 Å². The van der Waals surface area contributed by atoms with Gasteiger partial charge in [0, 0.05) is 16.7 Å². The fourth-order valence-corrected chi connectivity index (χ4v) is 5.35. The first-order valence-electron chi connectivity index (χ1n) is 7.89. The summed E-state index contributed by atoms with van der Waals surface area (Å²) in [6, 6.07) is 11.4. The summed E-state index contributed by atoms with van der Waals surface area (Å²) >= 11 is 24.4. The van der Waals surface area contributed by atoms with Crippen LogP contribution in [0.3, 0.4) is 0 Å². The van der Waals surface area contributed by atoms with Gasteiger partial charge in [0.25, 0.3) is 10.1 Å². The largest absolute Gasteiger partial charge is 0.508 e. The van der Waals surface area contributed by atoms with Crippen molar-refractivity contribution in [1.29, 1.82) is 0 Å². The summed E-state index contributed by atoms with van der Waals surface area (Å²) in [5.74, 6) is -0.864. The highest BCUT2D eigenvalue weighted by Gasteiger charge is 2.50. The predicted molar refractivity (Wildman–Crippen MR) is 114 cm³/mol. The summed E-state index contributed by atoms with van der Waals surface area (Å²) in [6.45, 7) is 0. The van der Waals surface area contributed by atoms with E-state index in [1.807, 2.05) is 0 Å². The van der Waals surface area contributed by atoms with Crippen molar-refractivity contribution >= 4 is 56.5 Å². The van der Waals surface area contributed by atoms with Crippen LogP contribution in [0, 0.1) is 0 Å². The molecule has 0 heterocycles. The third-order valence-corrected chi connectivity index (χ3v) is 7.37. The molecule has 0 spiro atoms. The van der Waals surface area contributed by atoms with Crippen molar-refractivity contribution in [1.82, 2.24) is 0 Å². The molecule has 3 aromatic rings. The maximum atomic E-state index is 12.9. The van der Waals surface area contributed by atoms with Gasteiger partial charge >= 0.3 is 0 Å². The molecule has 0 bridgehead atoms. The molecule has 5 nitrogen and oxygen atoms in total.